The molecule has 1 aliphatic heterocycles. The summed E-state index contributed by atoms with van der Waals surface area (Å²) in [6.07, 6.45) is 3.24. The fourth-order valence-electron chi connectivity index (χ4n) is 2.78. The topological polar surface area (TPSA) is 58.4 Å². The molecule has 1 amide bonds. The summed E-state index contributed by atoms with van der Waals surface area (Å²) in [5.41, 5.74) is 0.381. The zero-order chi connectivity index (χ0) is 16.2. The van der Waals surface area contributed by atoms with Crippen molar-refractivity contribution in [3.8, 4) is 11.3 Å². The Balaban J connectivity index is 0.00000156. The van der Waals surface area contributed by atoms with Crippen molar-refractivity contribution in [3.05, 3.63) is 42.2 Å². The smallest absolute Gasteiger partial charge is 0.223 e. The molecule has 5 nitrogen and oxygen atoms in total. The maximum absolute atomic E-state index is 13.7. The van der Waals surface area contributed by atoms with Crippen molar-refractivity contribution in [1.82, 2.24) is 15.2 Å². The monoisotopic (exact) mass is 389 g/mol. The molecular formula is C17H22Cl2FN3O2. The van der Waals surface area contributed by atoms with Crippen molar-refractivity contribution in [2.45, 2.75) is 25.3 Å². The maximum Gasteiger partial charge on any atom is 0.223 e. The molecule has 0 aliphatic carbocycles. The average molecular weight is 390 g/mol. The standard InChI is InChI=1S/C17H20FN3O2.2ClH/c1-21(12-8-9-19-10-12)17(22)7-6-16-20-11-15(23-16)13-4-2-3-5-14(13)18;;/h2-5,11-12,19H,6-10H2,1H3;2*1H. The molecule has 1 aromatic carbocycles. The van der Waals surface area contributed by atoms with Gasteiger partial charge in [-0.05, 0) is 25.1 Å². The van der Waals surface area contributed by atoms with Crippen LogP contribution in [0.1, 0.15) is 18.7 Å². The first kappa shape index (κ1) is 21.4. The van der Waals surface area contributed by atoms with Gasteiger partial charge in [0.1, 0.15) is 5.82 Å². The number of benzene rings is 1. The van der Waals surface area contributed by atoms with Crippen LogP contribution >= 0.6 is 24.8 Å². The highest BCUT2D eigenvalue weighted by atomic mass is 35.5. The van der Waals surface area contributed by atoms with Gasteiger partial charge in [-0.3, -0.25) is 4.79 Å². The van der Waals surface area contributed by atoms with Crippen molar-refractivity contribution in [2.75, 3.05) is 20.1 Å². The Morgan fingerprint density at radius 2 is 2.16 bits per heavy atom. The van der Waals surface area contributed by atoms with E-state index in [0.717, 1.165) is 19.5 Å². The number of rotatable bonds is 5. The van der Waals surface area contributed by atoms with E-state index in [2.05, 4.69) is 10.3 Å². The molecule has 1 N–H and O–H groups in total. The van der Waals surface area contributed by atoms with E-state index in [-0.39, 0.29) is 42.6 Å². The number of hydrogen-bond acceptors (Lipinski definition) is 4. The van der Waals surface area contributed by atoms with Crippen LogP contribution in [0.4, 0.5) is 4.39 Å². The van der Waals surface area contributed by atoms with Crippen LogP contribution < -0.4 is 5.32 Å². The van der Waals surface area contributed by atoms with Gasteiger partial charge in [-0.1, -0.05) is 12.1 Å². The Bertz CT molecular complexity index is 690. The zero-order valence-electron chi connectivity index (χ0n) is 13.9. The van der Waals surface area contributed by atoms with Crippen LogP contribution in [0.15, 0.2) is 34.9 Å². The van der Waals surface area contributed by atoms with Gasteiger partial charge in [0, 0.05) is 32.5 Å². The Hall–Kier alpha value is -1.63. The van der Waals surface area contributed by atoms with E-state index in [1.807, 2.05) is 7.05 Å². The molecule has 25 heavy (non-hydrogen) atoms. The van der Waals surface area contributed by atoms with E-state index in [4.69, 9.17) is 4.42 Å². The molecule has 1 atom stereocenters. The van der Waals surface area contributed by atoms with Crippen LogP contribution in [0, 0.1) is 5.82 Å². The van der Waals surface area contributed by atoms with Gasteiger partial charge in [0.05, 0.1) is 11.8 Å². The molecule has 0 radical (unpaired) electrons. The minimum Gasteiger partial charge on any atom is -0.441 e. The van der Waals surface area contributed by atoms with Gasteiger partial charge in [-0.2, -0.15) is 0 Å². The van der Waals surface area contributed by atoms with Crippen molar-refractivity contribution < 1.29 is 13.6 Å². The summed E-state index contributed by atoms with van der Waals surface area (Å²) in [4.78, 5) is 18.1. The molecule has 2 aromatic rings. The molecule has 138 valence electrons. The molecule has 2 heterocycles. The van der Waals surface area contributed by atoms with E-state index in [9.17, 15) is 9.18 Å². The second kappa shape index (κ2) is 9.75. The molecule has 0 saturated carbocycles. The minimum absolute atomic E-state index is 0. The first-order valence-corrected chi connectivity index (χ1v) is 7.81. The minimum atomic E-state index is -0.347. The summed E-state index contributed by atoms with van der Waals surface area (Å²) < 4.78 is 19.3. The summed E-state index contributed by atoms with van der Waals surface area (Å²) in [7, 11) is 1.83. The van der Waals surface area contributed by atoms with Gasteiger partial charge in [-0.25, -0.2) is 9.37 Å². The number of oxazole rings is 1. The molecule has 3 rings (SSSR count). The lowest BCUT2D eigenvalue weighted by atomic mass is 10.2. The Kier molecular flexibility index (Phi) is 8.35. The van der Waals surface area contributed by atoms with E-state index in [1.54, 1.807) is 23.1 Å². The summed E-state index contributed by atoms with van der Waals surface area (Å²) in [6.45, 7) is 1.80. The average Bonchev–Trinajstić information content (AvgIpc) is 3.24. The van der Waals surface area contributed by atoms with Gasteiger partial charge in [0.15, 0.2) is 11.7 Å². The number of carbonyl (C=O) groups excluding carboxylic acids is 1. The summed E-state index contributed by atoms with van der Waals surface area (Å²) in [5.74, 6) is 0.567. The lowest BCUT2D eigenvalue weighted by molar-refractivity contribution is -0.131. The first-order chi connectivity index (χ1) is 11.1. The maximum atomic E-state index is 13.7. The number of nitrogens with one attached hydrogen (secondary N) is 1. The fourth-order valence-corrected chi connectivity index (χ4v) is 2.78. The number of amides is 1. The van der Waals surface area contributed by atoms with E-state index in [1.165, 1.54) is 12.3 Å². The summed E-state index contributed by atoms with van der Waals surface area (Å²) in [6, 6.07) is 6.66. The third-order valence-electron chi connectivity index (χ3n) is 4.22. The number of halogens is 3. The number of hydrogen-bond donors (Lipinski definition) is 1. The summed E-state index contributed by atoms with van der Waals surface area (Å²) in [5, 5.41) is 3.25. The highest BCUT2D eigenvalue weighted by molar-refractivity contribution is 5.85. The largest absolute Gasteiger partial charge is 0.441 e. The number of aryl methyl sites for hydroxylation is 1. The fraction of sp³-hybridized carbons (Fsp3) is 0.412. The Labute approximate surface area is 158 Å². The molecular weight excluding hydrogens is 368 g/mol. The predicted octanol–water partition coefficient (Wildman–Crippen LogP) is 3.08. The first-order valence-electron chi connectivity index (χ1n) is 7.81. The van der Waals surface area contributed by atoms with Crippen LogP contribution in [-0.2, 0) is 11.2 Å². The molecule has 1 aromatic heterocycles. The van der Waals surface area contributed by atoms with Gasteiger partial charge < -0.3 is 14.6 Å². The number of nitrogens with zero attached hydrogens (tertiary/aromatic N) is 2. The number of carbonyl (C=O) groups is 1. The van der Waals surface area contributed by atoms with Crippen molar-refractivity contribution in [2.24, 2.45) is 0 Å². The number of likely N-dealkylation sites (N-methyl/N-ethyl adjacent to an activating group) is 1. The molecule has 1 fully saturated rings. The van der Waals surface area contributed by atoms with Gasteiger partial charge in [0.25, 0.3) is 0 Å². The summed E-state index contributed by atoms with van der Waals surface area (Å²) >= 11 is 0. The molecule has 1 aliphatic rings. The molecule has 1 unspecified atom stereocenters. The molecule has 8 heteroatoms. The molecule has 1 saturated heterocycles. The van der Waals surface area contributed by atoms with Crippen molar-refractivity contribution >= 4 is 30.7 Å². The Morgan fingerprint density at radius 1 is 1.40 bits per heavy atom. The van der Waals surface area contributed by atoms with Crippen LogP contribution in [0.25, 0.3) is 11.3 Å². The highest BCUT2D eigenvalue weighted by Crippen LogP contribution is 2.23. The van der Waals surface area contributed by atoms with E-state index >= 15 is 0 Å². The highest BCUT2D eigenvalue weighted by Gasteiger charge is 2.23. The SMILES string of the molecule is CN(C(=O)CCc1ncc(-c2ccccc2F)o1)C1CCNC1.Cl.Cl. The van der Waals surface area contributed by atoms with Gasteiger partial charge in [-0.15, -0.1) is 24.8 Å². The lowest BCUT2D eigenvalue weighted by Gasteiger charge is -2.23. The normalized spacial score (nSPS) is 16.0. The molecule has 0 spiro atoms. The van der Waals surface area contributed by atoms with E-state index in [0.29, 0.717) is 30.1 Å². The van der Waals surface area contributed by atoms with Crippen LogP contribution in [-0.4, -0.2) is 42.0 Å². The third-order valence-corrected chi connectivity index (χ3v) is 4.22. The van der Waals surface area contributed by atoms with Crippen molar-refractivity contribution in [3.63, 3.8) is 0 Å². The van der Waals surface area contributed by atoms with Gasteiger partial charge >= 0.3 is 0 Å². The molecule has 0 bridgehead atoms. The lowest BCUT2D eigenvalue weighted by Crippen LogP contribution is -2.38. The second-order valence-electron chi connectivity index (χ2n) is 5.75. The third kappa shape index (κ3) is 5.17. The Morgan fingerprint density at radius 3 is 2.84 bits per heavy atom. The zero-order valence-corrected chi connectivity index (χ0v) is 15.5. The van der Waals surface area contributed by atoms with Crippen LogP contribution in [0.5, 0.6) is 0 Å². The van der Waals surface area contributed by atoms with Crippen LogP contribution in [0.2, 0.25) is 0 Å². The predicted molar refractivity (Wildman–Crippen MR) is 98.8 cm³/mol. The van der Waals surface area contributed by atoms with Crippen molar-refractivity contribution in [1.29, 1.82) is 0 Å². The quantitative estimate of drug-likeness (QED) is 0.853. The van der Waals surface area contributed by atoms with Crippen LogP contribution in [0.3, 0.4) is 0 Å². The van der Waals surface area contributed by atoms with Gasteiger partial charge in [0.2, 0.25) is 5.91 Å². The number of aromatic nitrogens is 1. The van der Waals surface area contributed by atoms with E-state index < -0.39 is 0 Å². The second-order valence-corrected chi connectivity index (χ2v) is 5.75.